The van der Waals surface area contributed by atoms with Crippen molar-refractivity contribution in [3.8, 4) is 0 Å². The summed E-state index contributed by atoms with van der Waals surface area (Å²) in [5.41, 5.74) is 0.902. The molecule has 3 aromatic rings. The lowest BCUT2D eigenvalue weighted by Gasteiger charge is -2.30. The van der Waals surface area contributed by atoms with E-state index < -0.39 is 0 Å². The Morgan fingerprint density at radius 2 is 2.04 bits per heavy atom. The highest BCUT2D eigenvalue weighted by Gasteiger charge is 2.37. The Hall–Kier alpha value is -1.54. The van der Waals surface area contributed by atoms with Crippen molar-refractivity contribution < 1.29 is 4.52 Å². The zero-order valence-electron chi connectivity index (χ0n) is 16.6. The number of piperazine rings is 1. The Morgan fingerprint density at radius 1 is 1.25 bits per heavy atom. The fraction of sp³-hybridized carbons (Fsp3) is 0.550. The van der Waals surface area contributed by atoms with Crippen LogP contribution in [0, 0.1) is 0 Å². The van der Waals surface area contributed by atoms with E-state index in [1.165, 1.54) is 4.70 Å². The third-order valence-electron chi connectivity index (χ3n) is 5.89. The van der Waals surface area contributed by atoms with Crippen molar-refractivity contribution in [2.45, 2.75) is 44.6 Å². The molecule has 0 saturated carbocycles. The number of halogens is 1. The van der Waals surface area contributed by atoms with E-state index in [0.29, 0.717) is 0 Å². The molecule has 1 saturated heterocycles. The van der Waals surface area contributed by atoms with Crippen LogP contribution in [0.15, 0.2) is 28.8 Å². The molecule has 0 aliphatic carbocycles. The molecule has 8 heteroatoms. The molecule has 4 rings (SSSR count). The SMILES string of the molecule is CCC(CC)(Cc1nc2ccccc2s1)c1nc(C2CNCCN2C)no1.Cl. The van der Waals surface area contributed by atoms with E-state index in [-0.39, 0.29) is 23.9 Å². The van der Waals surface area contributed by atoms with Crippen LogP contribution in [-0.2, 0) is 11.8 Å². The summed E-state index contributed by atoms with van der Waals surface area (Å²) in [4.78, 5) is 12.0. The van der Waals surface area contributed by atoms with Crippen LogP contribution in [0.2, 0.25) is 0 Å². The van der Waals surface area contributed by atoms with Crippen LogP contribution >= 0.6 is 23.7 Å². The molecule has 1 fully saturated rings. The van der Waals surface area contributed by atoms with E-state index in [4.69, 9.17) is 14.5 Å². The Bertz CT molecular complexity index is 874. The van der Waals surface area contributed by atoms with Crippen molar-refractivity contribution in [3.05, 3.63) is 41.0 Å². The summed E-state index contributed by atoms with van der Waals surface area (Å²) in [6.45, 7) is 7.26. The standard InChI is InChI=1S/C20H27N5OS.ClH/c1-4-20(5-2,12-17-22-14-8-6-7-9-16(14)27-17)19-23-18(24-26-19)15-13-21-10-11-25(15)3;/h6-9,15,21H,4-5,10-13H2,1-3H3;1H. The Morgan fingerprint density at radius 3 is 2.75 bits per heavy atom. The lowest BCUT2D eigenvalue weighted by molar-refractivity contribution is 0.189. The first kappa shape index (κ1) is 21.2. The van der Waals surface area contributed by atoms with Gasteiger partial charge in [0.05, 0.1) is 26.7 Å². The van der Waals surface area contributed by atoms with Gasteiger partial charge in [0.1, 0.15) is 0 Å². The summed E-state index contributed by atoms with van der Waals surface area (Å²) in [5, 5.41) is 8.91. The summed E-state index contributed by atoms with van der Waals surface area (Å²) in [5.74, 6) is 1.54. The quantitative estimate of drug-likeness (QED) is 0.649. The molecule has 28 heavy (non-hydrogen) atoms. The summed E-state index contributed by atoms with van der Waals surface area (Å²) in [6.07, 6.45) is 2.72. The lowest BCUT2D eigenvalue weighted by atomic mass is 9.79. The largest absolute Gasteiger partial charge is 0.339 e. The van der Waals surface area contributed by atoms with Crippen LogP contribution in [0.5, 0.6) is 0 Å². The van der Waals surface area contributed by atoms with Gasteiger partial charge >= 0.3 is 0 Å². The minimum Gasteiger partial charge on any atom is -0.339 e. The molecule has 3 heterocycles. The van der Waals surface area contributed by atoms with Crippen molar-refractivity contribution in [2.75, 3.05) is 26.7 Å². The molecule has 6 nitrogen and oxygen atoms in total. The first-order valence-electron chi connectivity index (χ1n) is 9.74. The van der Waals surface area contributed by atoms with Crippen molar-refractivity contribution in [2.24, 2.45) is 0 Å². The second kappa shape index (κ2) is 8.86. The number of nitrogens with one attached hydrogen (secondary N) is 1. The second-order valence-electron chi connectivity index (χ2n) is 7.40. The number of aromatic nitrogens is 3. The van der Waals surface area contributed by atoms with Gasteiger partial charge in [0.2, 0.25) is 5.89 Å². The Labute approximate surface area is 176 Å². The van der Waals surface area contributed by atoms with Gasteiger partial charge in [0, 0.05) is 26.1 Å². The molecular weight excluding hydrogens is 394 g/mol. The first-order chi connectivity index (χ1) is 13.1. The predicted octanol–water partition coefficient (Wildman–Crippen LogP) is 3.98. The van der Waals surface area contributed by atoms with Gasteiger partial charge in [-0.3, -0.25) is 4.90 Å². The summed E-state index contributed by atoms with van der Waals surface area (Å²) in [6, 6.07) is 8.48. The van der Waals surface area contributed by atoms with Crippen LogP contribution in [0.25, 0.3) is 10.2 Å². The van der Waals surface area contributed by atoms with E-state index in [1.54, 1.807) is 11.3 Å². The number of hydrogen-bond acceptors (Lipinski definition) is 7. The highest BCUT2D eigenvalue weighted by Crippen LogP contribution is 2.37. The fourth-order valence-corrected chi connectivity index (χ4v) is 4.95. The lowest BCUT2D eigenvalue weighted by Crippen LogP contribution is -2.44. The molecule has 1 N–H and O–H groups in total. The first-order valence-corrected chi connectivity index (χ1v) is 10.6. The van der Waals surface area contributed by atoms with E-state index in [2.05, 4.69) is 54.5 Å². The number of benzene rings is 1. The Balaban J connectivity index is 0.00000225. The smallest absolute Gasteiger partial charge is 0.233 e. The van der Waals surface area contributed by atoms with Gasteiger partial charge in [-0.2, -0.15) is 4.98 Å². The third-order valence-corrected chi connectivity index (χ3v) is 6.92. The maximum atomic E-state index is 5.82. The van der Waals surface area contributed by atoms with Gasteiger partial charge in [-0.1, -0.05) is 31.1 Å². The number of para-hydroxylation sites is 1. The van der Waals surface area contributed by atoms with Crippen molar-refractivity contribution >= 4 is 34.0 Å². The topological polar surface area (TPSA) is 67.1 Å². The number of likely N-dealkylation sites (N-methyl/N-ethyl adjacent to an activating group) is 1. The van der Waals surface area contributed by atoms with Crippen molar-refractivity contribution in [1.29, 1.82) is 0 Å². The summed E-state index contributed by atoms with van der Waals surface area (Å²) < 4.78 is 7.05. The van der Waals surface area contributed by atoms with E-state index >= 15 is 0 Å². The van der Waals surface area contributed by atoms with Gasteiger partial charge < -0.3 is 9.84 Å². The molecule has 1 aliphatic rings. The zero-order valence-corrected chi connectivity index (χ0v) is 18.3. The number of thiazole rings is 1. The molecule has 1 atom stereocenters. The number of hydrogen-bond donors (Lipinski definition) is 1. The monoisotopic (exact) mass is 421 g/mol. The van der Waals surface area contributed by atoms with Gasteiger partial charge in [-0.25, -0.2) is 4.98 Å². The van der Waals surface area contributed by atoms with Crippen molar-refractivity contribution in [1.82, 2.24) is 25.3 Å². The number of rotatable bonds is 6. The van der Waals surface area contributed by atoms with Gasteiger partial charge in [0.25, 0.3) is 0 Å². The summed E-state index contributed by atoms with van der Waals surface area (Å²) >= 11 is 1.77. The van der Waals surface area contributed by atoms with E-state index in [0.717, 1.165) is 61.1 Å². The molecule has 152 valence electrons. The van der Waals surface area contributed by atoms with Crippen LogP contribution < -0.4 is 5.32 Å². The molecule has 1 unspecified atom stereocenters. The average molecular weight is 422 g/mol. The molecule has 0 bridgehead atoms. The number of fused-ring (bicyclic) bond motifs is 1. The van der Waals surface area contributed by atoms with E-state index in [1.807, 2.05) is 6.07 Å². The highest BCUT2D eigenvalue weighted by molar-refractivity contribution is 7.18. The third kappa shape index (κ3) is 3.94. The zero-order chi connectivity index (χ0) is 18.9. The molecule has 1 aliphatic heterocycles. The van der Waals surface area contributed by atoms with Crippen molar-refractivity contribution in [3.63, 3.8) is 0 Å². The van der Waals surface area contributed by atoms with Crippen LogP contribution in [0.3, 0.4) is 0 Å². The fourth-order valence-electron chi connectivity index (χ4n) is 3.84. The predicted molar refractivity (Wildman–Crippen MR) is 115 cm³/mol. The molecule has 2 aromatic heterocycles. The molecule has 1 aromatic carbocycles. The Kier molecular flexibility index (Phi) is 6.70. The normalized spacial score (nSPS) is 18.3. The highest BCUT2D eigenvalue weighted by atomic mass is 35.5. The second-order valence-corrected chi connectivity index (χ2v) is 8.51. The average Bonchev–Trinajstić information content (AvgIpc) is 3.33. The minimum absolute atomic E-state index is 0. The van der Waals surface area contributed by atoms with Gasteiger partial charge in [-0.15, -0.1) is 23.7 Å². The molecule has 0 radical (unpaired) electrons. The van der Waals surface area contributed by atoms with Crippen LogP contribution in [-0.4, -0.2) is 46.7 Å². The van der Waals surface area contributed by atoms with Gasteiger partial charge in [-0.05, 0) is 32.0 Å². The van der Waals surface area contributed by atoms with Gasteiger partial charge in [0.15, 0.2) is 5.82 Å². The van der Waals surface area contributed by atoms with E-state index in [9.17, 15) is 0 Å². The van der Waals surface area contributed by atoms with Crippen LogP contribution in [0.4, 0.5) is 0 Å². The maximum absolute atomic E-state index is 5.82. The van der Waals surface area contributed by atoms with Crippen LogP contribution in [0.1, 0.15) is 49.5 Å². The molecule has 0 amide bonds. The summed E-state index contributed by atoms with van der Waals surface area (Å²) in [7, 11) is 2.12. The maximum Gasteiger partial charge on any atom is 0.233 e. The molecule has 0 spiro atoms. The number of nitrogens with zero attached hydrogens (tertiary/aromatic N) is 4. The molecular formula is C20H28ClN5OS. The minimum atomic E-state index is -0.167.